The molecule has 3 aromatic carbocycles. The van der Waals surface area contributed by atoms with Crippen molar-refractivity contribution in [3.63, 3.8) is 0 Å². The van der Waals surface area contributed by atoms with Gasteiger partial charge in [0.2, 0.25) is 6.79 Å². The zero-order valence-electron chi connectivity index (χ0n) is 26.3. The Kier molecular flexibility index (Phi) is 9.67. The van der Waals surface area contributed by atoms with Crippen molar-refractivity contribution in [1.29, 1.82) is 0 Å². The predicted octanol–water partition coefficient (Wildman–Crippen LogP) is 8.38. The van der Waals surface area contributed by atoms with Gasteiger partial charge in [-0.05, 0) is 90.7 Å². The number of phosphoric acid groups is 1. The molecule has 2 fully saturated rings. The van der Waals surface area contributed by atoms with Gasteiger partial charge < -0.3 is 14.2 Å². The Morgan fingerprint density at radius 2 is 1.53 bits per heavy atom. The van der Waals surface area contributed by atoms with Crippen molar-refractivity contribution in [2.24, 2.45) is 17.3 Å². The fraction of sp³-hybridized carbons (Fsp3) is 0.472. The van der Waals surface area contributed by atoms with Crippen molar-refractivity contribution in [3.8, 4) is 11.5 Å². The van der Waals surface area contributed by atoms with E-state index in [-0.39, 0.29) is 37.5 Å². The Balaban J connectivity index is 1.14. The molecule has 5 atom stereocenters. The van der Waals surface area contributed by atoms with E-state index in [2.05, 4.69) is 13.0 Å². The predicted molar refractivity (Wildman–Crippen MR) is 170 cm³/mol. The standard InChI is InChI=1S/C36H43O8P/c1-25(37)44-35-17-16-32-30-15-14-28-20-34(33(39-3)21-31(28)29(30)18-19-36(32,35)2)40-24-43-45(38,41-22-26-10-6-4-7-11-26)42-23-27-12-8-5-9-13-27/h4-13,20-21,29-30,32,35H,14-19,22-24H2,1-3H3. The van der Waals surface area contributed by atoms with Gasteiger partial charge in [0.25, 0.3) is 0 Å². The van der Waals surface area contributed by atoms with E-state index in [1.54, 1.807) is 7.11 Å². The summed E-state index contributed by atoms with van der Waals surface area (Å²) in [6.07, 6.45) is 6.16. The molecule has 240 valence electrons. The van der Waals surface area contributed by atoms with Gasteiger partial charge in [0, 0.05) is 12.3 Å². The molecule has 2 saturated carbocycles. The number of hydrogen-bond donors (Lipinski definition) is 0. The highest BCUT2D eigenvalue weighted by molar-refractivity contribution is 7.48. The van der Waals surface area contributed by atoms with Crippen molar-refractivity contribution in [2.75, 3.05) is 13.9 Å². The van der Waals surface area contributed by atoms with Crippen LogP contribution in [0.15, 0.2) is 72.8 Å². The third-order valence-corrected chi connectivity index (χ3v) is 11.4. The molecule has 0 spiro atoms. The van der Waals surface area contributed by atoms with Crippen molar-refractivity contribution in [1.82, 2.24) is 0 Å². The maximum absolute atomic E-state index is 13.7. The number of carbonyl (C=O) groups excluding carboxylic acids is 1. The van der Waals surface area contributed by atoms with Crippen LogP contribution in [0.5, 0.6) is 11.5 Å². The third kappa shape index (κ3) is 7.00. The van der Waals surface area contributed by atoms with E-state index in [0.29, 0.717) is 29.3 Å². The molecular weight excluding hydrogens is 591 g/mol. The number of hydrogen-bond acceptors (Lipinski definition) is 8. The summed E-state index contributed by atoms with van der Waals surface area (Å²) in [5.74, 6) is 2.47. The number of benzene rings is 3. The molecule has 0 bridgehead atoms. The lowest BCUT2D eigenvalue weighted by Crippen LogP contribution is -2.45. The number of carbonyl (C=O) groups is 1. The topological polar surface area (TPSA) is 89.5 Å². The fourth-order valence-corrected chi connectivity index (χ4v) is 8.94. The maximum Gasteiger partial charge on any atom is 0.478 e. The van der Waals surface area contributed by atoms with E-state index in [9.17, 15) is 9.36 Å². The van der Waals surface area contributed by atoms with Crippen LogP contribution in [0, 0.1) is 17.3 Å². The number of aryl methyl sites for hydroxylation is 1. The van der Waals surface area contributed by atoms with Gasteiger partial charge in [0.1, 0.15) is 6.10 Å². The molecule has 8 nitrogen and oxygen atoms in total. The molecule has 0 saturated heterocycles. The Bertz CT molecular complexity index is 1460. The molecule has 0 aliphatic heterocycles. The lowest BCUT2D eigenvalue weighted by atomic mass is 9.55. The highest BCUT2D eigenvalue weighted by Gasteiger charge is 2.56. The lowest BCUT2D eigenvalue weighted by molar-refractivity contribution is -0.154. The molecule has 45 heavy (non-hydrogen) atoms. The van der Waals surface area contributed by atoms with E-state index in [1.807, 2.05) is 66.7 Å². The van der Waals surface area contributed by atoms with Crippen LogP contribution in [0.1, 0.15) is 74.1 Å². The number of phosphoric ester groups is 1. The van der Waals surface area contributed by atoms with Crippen molar-refractivity contribution < 1.29 is 37.1 Å². The molecule has 0 N–H and O–H groups in total. The van der Waals surface area contributed by atoms with Crippen LogP contribution in [-0.4, -0.2) is 26.0 Å². The minimum atomic E-state index is -3.98. The summed E-state index contributed by atoms with van der Waals surface area (Å²) in [5, 5.41) is 0. The van der Waals surface area contributed by atoms with Crippen LogP contribution in [0.2, 0.25) is 0 Å². The first-order valence-electron chi connectivity index (χ1n) is 15.9. The van der Waals surface area contributed by atoms with Crippen LogP contribution >= 0.6 is 7.82 Å². The molecule has 3 aliphatic rings. The van der Waals surface area contributed by atoms with Gasteiger partial charge in [-0.3, -0.25) is 13.8 Å². The average Bonchev–Trinajstić information content (AvgIpc) is 3.38. The molecule has 3 aliphatic carbocycles. The molecule has 9 heteroatoms. The monoisotopic (exact) mass is 634 g/mol. The van der Waals surface area contributed by atoms with Gasteiger partial charge in [0.15, 0.2) is 11.5 Å². The third-order valence-electron chi connectivity index (χ3n) is 10.1. The highest BCUT2D eigenvalue weighted by Crippen LogP contribution is 2.62. The van der Waals surface area contributed by atoms with Gasteiger partial charge in [-0.25, -0.2) is 9.09 Å². The smallest absolute Gasteiger partial charge is 0.478 e. The van der Waals surface area contributed by atoms with E-state index >= 15 is 0 Å². The fourth-order valence-electron chi connectivity index (χ4n) is 7.92. The normalized spacial score (nSPS) is 25.5. The Morgan fingerprint density at radius 3 is 2.16 bits per heavy atom. The van der Waals surface area contributed by atoms with Crippen LogP contribution in [-0.2, 0) is 47.3 Å². The molecular formula is C36H43O8P. The zero-order chi connectivity index (χ0) is 31.4. The van der Waals surface area contributed by atoms with Crippen LogP contribution in [0.25, 0.3) is 0 Å². The van der Waals surface area contributed by atoms with Gasteiger partial charge in [-0.15, -0.1) is 0 Å². The van der Waals surface area contributed by atoms with E-state index in [1.165, 1.54) is 18.1 Å². The quantitative estimate of drug-likeness (QED) is 0.112. The van der Waals surface area contributed by atoms with Crippen LogP contribution in [0.4, 0.5) is 0 Å². The van der Waals surface area contributed by atoms with Gasteiger partial charge in [0.05, 0.1) is 20.3 Å². The molecule has 5 unspecified atom stereocenters. The van der Waals surface area contributed by atoms with Crippen molar-refractivity contribution >= 4 is 13.8 Å². The van der Waals surface area contributed by atoms with E-state index in [0.717, 1.165) is 49.7 Å². The molecule has 3 aromatic rings. The highest BCUT2D eigenvalue weighted by atomic mass is 31.2. The van der Waals surface area contributed by atoms with E-state index in [4.69, 9.17) is 27.8 Å². The summed E-state index contributed by atoms with van der Waals surface area (Å²) < 4.78 is 48.5. The largest absolute Gasteiger partial charge is 0.493 e. The zero-order valence-corrected chi connectivity index (χ0v) is 27.2. The second-order valence-corrected chi connectivity index (χ2v) is 14.4. The van der Waals surface area contributed by atoms with Gasteiger partial charge in [-0.2, -0.15) is 0 Å². The van der Waals surface area contributed by atoms with Crippen LogP contribution in [0.3, 0.4) is 0 Å². The second kappa shape index (κ2) is 13.7. The first-order valence-corrected chi connectivity index (χ1v) is 17.4. The Morgan fingerprint density at radius 1 is 0.867 bits per heavy atom. The molecule has 0 radical (unpaired) electrons. The maximum atomic E-state index is 13.7. The van der Waals surface area contributed by atoms with Gasteiger partial charge >= 0.3 is 13.8 Å². The average molecular weight is 635 g/mol. The summed E-state index contributed by atoms with van der Waals surface area (Å²) in [4.78, 5) is 11.8. The second-order valence-electron chi connectivity index (χ2n) is 12.7. The lowest BCUT2D eigenvalue weighted by Gasteiger charge is -2.50. The number of esters is 1. The summed E-state index contributed by atoms with van der Waals surface area (Å²) in [5.41, 5.74) is 4.30. The summed E-state index contributed by atoms with van der Waals surface area (Å²) in [6.45, 7) is 3.65. The number of methoxy groups -OCH3 is 1. The van der Waals surface area contributed by atoms with Crippen LogP contribution < -0.4 is 9.47 Å². The molecule has 0 aromatic heterocycles. The molecule has 0 heterocycles. The summed E-state index contributed by atoms with van der Waals surface area (Å²) >= 11 is 0. The first-order chi connectivity index (χ1) is 21.8. The number of rotatable bonds is 12. The minimum absolute atomic E-state index is 0.0111. The molecule has 0 amide bonds. The minimum Gasteiger partial charge on any atom is -0.493 e. The number of ether oxygens (including phenoxy) is 3. The number of fused-ring (bicyclic) bond motifs is 5. The van der Waals surface area contributed by atoms with Crippen molar-refractivity contribution in [3.05, 3.63) is 95.1 Å². The SMILES string of the molecule is COc1cc2c(cc1OCOP(=O)(OCc1ccccc1)OCc1ccccc1)CCC1C2CCC2(C)C(OC(C)=O)CCC12. The summed E-state index contributed by atoms with van der Waals surface area (Å²) in [6, 6.07) is 23.1. The van der Waals surface area contributed by atoms with Gasteiger partial charge in [-0.1, -0.05) is 67.6 Å². The molecule has 6 rings (SSSR count). The Labute approximate surface area is 265 Å². The van der Waals surface area contributed by atoms with Crippen molar-refractivity contribution in [2.45, 2.75) is 77.6 Å². The Hall–Kier alpha value is -3.16. The van der Waals surface area contributed by atoms with E-state index < -0.39 is 7.82 Å². The summed E-state index contributed by atoms with van der Waals surface area (Å²) in [7, 11) is -2.35. The first kappa shape index (κ1) is 31.8.